The van der Waals surface area contributed by atoms with Crippen LogP contribution in [0.5, 0.6) is 0 Å². The van der Waals surface area contributed by atoms with Crippen molar-refractivity contribution in [2.75, 3.05) is 0 Å². The van der Waals surface area contributed by atoms with Crippen LogP contribution in [0.3, 0.4) is 0 Å². The molecule has 2 heterocycles. The summed E-state index contributed by atoms with van der Waals surface area (Å²) in [5.74, 6) is -16.1. The lowest BCUT2D eigenvalue weighted by atomic mass is 9.92. The van der Waals surface area contributed by atoms with E-state index in [0.29, 0.717) is 38.4 Å². The Morgan fingerprint density at radius 3 is 1.50 bits per heavy atom. The average Bonchev–Trinajstić information content (AvgIpc) is 3.63. The first-order valence-corrected chi connectivity index (χ1v) is 16.1. The molecule has 2 aliphatic carbocycles. The third-order valence-corrected chi connectivity index (χ3v) is 10.5. The molecule has 46 heavy (non-hydrogen) atoms. The van der Waals surface area contributed by atoms with Crippen LogP contribution in [-0.2, 0) is 0 Å². The minimum atomic E-state index is -5.69. The van der Waals surface area contributed by atoms with E-state index < -0.39 is 28.9 Å². The summed E-state index contributed by atoms with van der Waals surface area (Å²) < 4.78 is 96.3. The molecule has 3 aromatic carbocycles. The van der Waals surface area contributed by atoms with Gasteiger partial charge in [0.05, 0.1) is 0 Å². The summed E-state index contributed by atoms with van der Waals surface area (Å²) in [5, 5.41) is 0. The third kappa shape index (κ3) is 4.82. The Morgan fingerprint density at radius 1 is 0.522 bits per heavy atom. The predicted molar refractivity (Wildman–Crippen MR) is 177 cm³/mol. The van der Waals surface area contributed by atoms with Gasteiger partial charge in [0.25, 0.3) is 0 Å². The zero-order valence-corrected chi connectivity index (χ0v) is 25.6. The van der Waals surface area contributed by atoms with Crippen molar-refractivity contribution in [1.29, 1.82) is 0 Å². The normalized spacial score (nSPS) is 18.1. The fraction of sp³-hybridized carbons (Fsp3) is 0.105. The SMILES string of the molecule is FC1(F)C(c2cc(C3=CC=CCC=C3)sc2-c2ccccc2)=C(c2cc(-c3ccccc3)sc2-c2ccccc2)C(F)(F)C1(F)F. The summed E-state index contributed by atoms with van der Waals surface area (Å²) in [5.41, 5.74) is -1.15. The lowest BCUT2D eigenvalue weighted by Crippen LogP contribution is -2.48. The van der Waals surface area contributed by atoms with Crippen LogP contribution in [0.2, 0.25) is 0 Å². The molecule has 5 aromatic rings. The molecule has 0 saturated heterocycles. The average molecular weight is 659 g/mol. The van der Waals surface area contributed by atoms with E-state index in [1.165, 1.54) is 12.1 Å². The van der Waals surface area contributed by atoms with E-state index >= 15 is 26.3 Å². The summed E-state index contributed by atoms with van der Waals surface area (Å²) >= 11 is 2.21. The third-order valence-electron chi connectivity index (χ3n) is 8.07. The quantitative estimate of drug-likeness (QED) is 0.159. The molecule has 0 spiro atoms. The van der Waals surface area contributed by atoms with Crippen LogP contribution in [-0.4, -0.2) is 17.8 Å². The van der Waals surface area contributed by atoms with Gasteiger partial charge in [-0.2, -0.15) is 26.3 Å². The fourth-order valence-electron chi connectivity index (χ4n) is 5.82. The molecule has 0 nitrogen and oxygen atoms in total. The van der Waals surface area contributed by atoms with Crippen molar-refractivity contribution in [3.05, 3.63) is 150 Å². The van der Waals surface area contributed by atoms with Gasteiger partial charge in [0.1, 0.15) is 0 Å². The predicted octanol–water partition coefficient (Wildman–Crippen LogP) is 12.5. The number of halogens is 6. The second kappa shape index (κ2) is 11.4. The lowest BCUT2D eigenvalue weighted by Gasteiger charge is -2.26. The van der Waals surface area contributed by atoms with Crippen molar-refractivity contribution in [3.63, 3.8) is 0 Å². The first-order valence-electron chi connectivity index (χ1n) is 14.5. The van der Waals surface area contributed by atoms with Crippen molar-refractivity contribution < 1.29 is 26.3 Å². The van der Waals surface area contributed by atoms with E-state index in [-0.39, 0.29) is 20.9 Å². The molecule has 2 aromatic heterocycles. The minimum Gasteiger partial charge on any atom is -0.194 e. The molecule has 8 heteroatoms. The van der Waals surface area contributed by atoms with Gasteiger partial charge in [0, 0.05) is 41.8 Å². The van der Waals surface area contributed by atoms with Crippen LogP contribution in [0.15, 0.2) is 134 Å². The zero-order chi connectivity index (χ0) is 32.1. The van der Waals surface area contributed by atoms with Crippen molar-refractivity contribution in [2.45, 2.75) is 24.2 Å². The number of hydrogen-bond acceptors (Lipinski definition) is 2. The summed E-state index contributed by atoms with van der Waals surface area (Å²) in [6.45, 7) is 0. The molecule has 0 saturated carbocycles. The highest BCUT2D eigenvalue weighted by atomic mass is 32.1. The van der Waals surface area contributed by atoms with Gasteiger partial charge in [-0.25, -0.2) is 0 Å². The Bertz CT molecular complexity index is 2030. The lowest BCUT2D eigenvalue weighted by molar-refractivity contribution is -0.254. The molecular weight excluding hydrogens is 635 g/mol. The first kappa shape index (κ1) is 30.3. The van der Waals surface area contributed by atoms with Gasteiger partial charge in [-0.3, -0.25) is 0 Å². The molecule has 230 valence electrons. The zero-order valence-electron chi connectivity index (χ0n) is 24.0. The Balaban J connectivity index is 1.58. The molecular formula is C38H24F6S2. The first-order chi connectivity index (χ1) is 22.1. The molecule has 7 rings (SSSR count). The Hall–Kier alpha value is -4.40. The van der Waals surface area contributed by atoms with Gasteiger partial charge in [0.15, 0.2) is 0 Å². The fourth-order valence-corrected chi connectivity index (χ4v) is 8.18. The van der Waals surface area contributed by atoms with Gasteiger partial charge >= 0.3 is 17.8 Å². The van der Waals surface area contributed by atoms with Crippen molar-refractivity contribution >= 4 is 39.4 Å². The standard InChI is InChI=1S/C38H24F6S2/c39-36(40)32(28-22-30(24-14-6-1-2-7-15-24)45-34(28)26-18-10-4-11-19-26)33(37(41,42)38(36,43)44)29-23-31(25-16-8-3-9-17-25)46-35(29)27-20-12-5-13-21-27/h1,3-23H,2H2. The van der Waals surface area contributed by atoms with Crippen molar-refractivity contribution in [2.24, 2.45) is 0 Å². The molecule has 0 atom stereocenters. The number of benzene rings is 3. The van der Waals surface area contributed by atoms with Crippen LogP contribution < -0.4 is 0 Å². The minimum absolute atomic E-state index is 0.205. The van der Waals surface area contributed by atoms with Crippen LogP contribution in [0, 0.1) is 0 Å². The molecule has 0 fully saturated rings. The van der Waals surface area contributed by atoms with Gasteiger partial charge in [0.2, 0.25) is 0 Å². The number of rotatable bonds is 6. The summed E-state index contributed by atoms with van der Waals surface area (Å²) in [7, 11) is 0. The summed E-state index contributed by atoms with van der Waals surface area (Å²) in [4.78, 5) is 1.40. The van der Waals surface area contributed by atoms with Gasteiger partial charge in [-0.05, 0) is 40.8 Å². The van der Waals surface area contributed by atoms with E-state index in [4.69, 9.17) is 0 Å². The van der Waals surface area contributed by atoms with Crippen molar-refractivity contribution in [1.82, 2.24) is 0 Å². The highest BCUT2D eigenvalue weighted by Crippen LogP contribution is 2.67. The highest BCUT2D eigenvalue weighted by Gasteiger charge is 2.80. The molecule has 0 radical (unpaired) electrons. The monoisotopic (exact) mass is 658 g/mol. The van der Waals surface area contributed by atoms with Crippen LogP contribution in [0.25, 0.3) is 48.0 Å². The van der Waals surface area contributed by atoms with Crippen LogP contribution in [0.1, 0.15) is 22.4 Å². The summed E-state index contributed by atoms with van der Waals surface area (Å²) in [6.07, 6.45) is 9.87. The van der Waals surface area contributed by atoms with Crippen molar-refractivity contribution in [3.8, 4) is 31.3 Å². The maximum atomic E-state index is 16.3. The molecule has 0 N–H and O–H groups in total. The van der Waals surface area contributed by atoms with E-state index in [0.717, 1.165) is 22.7 Å². The topological polar surface area (TPSA) is 0 Å². The van der Waals surface area contributed by atoms with E-state index in [1.807, 2.05) is 24.3 Å². The van der Waals surface area contributed by atoms with Gasteiger partial charge in [-0.15, -0.1) is 22.7 Å². The molecule has 0 unspecified atom stereocenters. The van der Waals surface area contributed by atoms with E-state index in [2.05, 4.69) is 0 Å². The Morgan fingerprint density at radius 2 is 0.978 bits per heavy atom. The van der Waals surface area contributed by atoms with Crippen LogP contribution >= 0.6 is 22.7 Å². The molecule has 2 aliphatic rings. The Kier molecular flexibility index (Phi) is 7.53. The van der Waals surface area contributed by atoms with Gasteiger partial charge < -0.3 is 0 Å². The number of hydrogen-bond donors (Lipinski definition) is 0. The number of alkyl halides is 6. The second-order valence-electron chi connectivity index (χ2n) is 11.0. The maximum absolute atomic E-state index is 16.3. The smallest absolute Gasteiger partial charge is 0.194 e. The van der Waals surface area contributed by atoms with Gasteiger partial charge in [-0.1, -0.05) is 121 Å². The number of thiophene rings is 2. The summed E-state index contributed by atoms with van der Waals surface area (Å²) in [6, 6.07) is 28.4. The molecule has 0 amide bonds. The largest absolute Gasteiger partial charge is 0.380 e. The molecule has 0 bridgehead atoms. The number of allylic oxidation sites excluding steroid dienone is 8. The highest BCUT2D eigenvalue weighted by molar-refractivity contribution is 7.19. The Labute approximate surface area is 270 Å². The van der Waals surface area contributed by atoms with Crippen LogP contribution in [0.4, 0.5) is 26.3 Å². The second-order valence-corrected chi connectivity index (χ2v) is 13.1. The van der Waals surface area contributed by atoms with E-state index in [9.17, 15) is 0 Å². The van der Waals surface area contributed by atoms with E-state index in [1.54, 1.807) is 97.1 Å². The molecule has 0 aliphatic heterocycles. The maximum Gasteiger partial charge on any atom is 0.380 e.